The van der Waals surface area contributed by atoms with Gasteiger partial charge < -0.3 is 5.73 Å². The van der Waals surface area contributed by atoms with Crippen LogP contribution in [0.2, 0.25) is 0 Å². The van der Waals surface area contributed by atoms with Crippen molar-refractivity contribution >= 4 is 31.6 Å². The van der Waals surface area contributed by atoms with Crippen molar-refractivity contribution in [3.05, 3.63) is 53.8 Å². The summed E-state index contributed by atoms with van der Waals surface area (Å²) in [4.78, 5) is 11.0. The van der Waals surface area contributed by atoms with Gasteiger partial charge >= 0.3 is 0 Å². The lowest BCUT2D eigenvalue weighted by atomic mass is 10.2. The van der Waals surface area contributed by atoms with E-state index in [1.807, 2.05) is 0 Å². The van der Waals surface area contributed by atoms with Crippen LogP contribution in [0.3, 0.4) is 0 Å². The summed E-state index contributed by atoms with van der Waals surface area (Å²) < 4.78 is 67.1. The van der Waals surface area contributed by atoms with Crippen molar-refractivity contribution < 1.29 is 26.0 Å². The van der Waals surface area contributed by atoms with Crippen LogP contribution in [0, 0.1) is 5.82 Å². The van der Waals surface area contributed by atoms with Gasteiger partial charge in [0.25, 0.3) is 15.9 Å². The van der Waals surface area contributed by atoms with Crippen molar-refractivity contribution in [3.63, 3.8) is 0 Å². The van der Waals surface area contributed by atoms with E-state index in [9.17, 15) is 26.0 Å². The van der Waals surface area contributed by atoms with Gasteiger partial charge in [0.05, 0.1) is 15.4 Å². The number of carbonyl (C=O) groups excluding carboxylic acids is 1. The van der Waals surface area contributed by atoms with Gasteiger partial charge in [-0.3, -0.25) is 9.52 Å². The van der Waals surface area contributed by atoms with E-state index in [0.717, 1.165) is 31.0 Å². The number of amides is 1. The van der Waals surface area contributed by atoms with Crippen LogP contribution in [0.5, 0.6) is 0 Å². The van der Waals surface area contributed by atoms with Crippen LogP contribution in [-0.2, 0) is 20.0 Å². The van der Waals surface area contributed by atoms with Gasteiger partial charge in [0, 0.05) is 18.8 Å². The van der Waals surface area contributed by atoms with E-state index in [2.05, 4.69) is 4.72 Å². The fourth-order valence-corrected chi connectivity index (χ4v) is 5.43. The van der Waals surface area contributed by atoms with Gasteiger partial charge in [-0.15, -0.1) is 0 Å². The molecule has 1 aliphatic rings. The molecule has 0 radical (unpaired) electrons. The summed E-state index contributed by atoms with van der Waals surface area (Å²) in [6.07, 6.45) is 1.58. The lowest BCUT2D eigenvalue weighted by Crippen LogP contribution is -2.27. The van der Waals surface area contributed by atoms with Crippen molar-refractivity contribution in [2.45, 2.75) is 22.6 Å². The molecule has 1 aliphatic heterocycles. The molecule has 0 bridgehead atoms. The minimum Gasteiger partial charge on any atom is -0.366 e. The Morgan fingerprint density at radius 2 is 1.54 bits per heavy atom. The zero-order valence-electron chi connectivity index (χ0n) is 14.6. The fraction of sp³-hybridized carbons (Fsp3) is 0.235. The number of benzene rings is 2. The minimum absolute atomic E-state index is 0.00569. The smallest absolute Gasteiger partial charge is 0.261 e. The van der Waals surface area contributed by atoms with Gasteiger partial charge in [-0.1, -0.05) is 0 Å². The van der Waals surface area contributed by atoms with Gasteiger partial charge in [-0.2, -0.15) is 4.31 Å². The lowest BCUT2D eigenvalue weighted by Gasteiger charge is -2.16. The first kappa shape index (κ1) is 20.2. The van der Waals surface area contributed by atoms with Crippen LogP contribution in [0.1, 0.15) is 23.2 Å². The molecular formula is C17H18FN3O5S2. The fourth-order valence-electron chi connectivity index (χ4n) is 2.86. The highest BCUT2D eigenvalue weighted by molar-refractivity contribution is 7.92. The Morgan fingerprint density at radius 3 is 2.11 bits per heavy atom. The second kappa shape index (κ2) is 7.49. The molecule has 28 heavy (non-hydrogen) atoms. The Morgan fingerprint density at radius 1 is 0.964 bits per heavy atom. The van der Waals surface area contributed by atoms with E-state index >= 15 is 0 Å². The Bertz CT molecular complexity index is 1110. The number of carbonyl (C=O) groups is 1. The summed E-state index contributed by atoms with van der Waals surface area (Å²) in [6, 6.07) is 7.84. The number of anilines is 1. The van der Waals surface area contributed by atoms with Gasteiger partial charge in [-0.25, -0.2) is 21.2 Å². The number of rotatable bonds is 6. The summed E-state index contributed by atoms with van der Waals surface area (Å²) in [7, 11) is -7.74. The third kappa shape index (κ3) is 4.01. The molecule has 1 fully saturated rings. The van der Waals surface area contributed by atoms with E-state index in [-0.39, 0.29) is 15.5 Å². The molecule has 0 saturated carbocycles. The van der Waals surface area contributed by atoms with Gasteiger partial charge in [0.2, 0.25) is 10.0 Å². The molecule has 0 aromatic heterocycles. The van der Waals surface area contributed by atoms with E-state index in [4.69, 9.17) is 5.73 Å². The average molecular weight is 427 g/mol. The first-order valence-corrected chi connectivity index (χ1v) is 11.3. The topological polar surface area (TPSA) is 127 Å². The van der Waals surface area contributed by atoms with Crippen LogP contribution in [0.25, 0.3) is 0 Å². The van der Waals surface area contributed by atoms with E-state index < -0.39 is 37.3 Å². The second-order valence-electron chi connectivity index (χ2n) is 6.25. The largest absolute Gasteiger partial charge is 0.366 e. The van der Waals surface area contributed by atoms with Gasteiger partial charge in [-0.05, 0) is 55.3 Å². The molecule has 1 amide bonds. The van der Waals surface area contributed by atoms with Crippen LogP contribution in [0.4, 0.5) is 10.1 Å². The molecule has 1 heterocycles. The van der Waals surface area contributed by atoms with E-state index in [1.54, 1.807) is 0 Å². The van der Waals surface area contributed by atoms with Crippen LogP contribution in [-0.4, -0.2) is 40.1 Å². The van der Waals surface area contributed by atoms with Crippen molar-refractivity contribution in [3.8, 4) is 0 Å². The molecule has 3 N–H and O–H groups in total. The highest BCUT2D eigenvalue weighted by Crippen LogP contribution is 2.23. The van der Waals surface area contributed by atoms with Crippen molar-refractivity contribution in [1.29, 1.82) is 0 Å². The zero-order chi connectivity index (χ0) is 20.5. The lowest BCUT2D eigenvalue weighted by molar-refractivity contribution is 0.0996. The third-order valence-electron chi connectivity index (χ3n) is 4.32. The average Bonchev–Trinajstić information content (AvgIpc) is 3.18. The second-order valence-corrected chi connectivity index (χ2v) is 9.87. The highest BCUT2D eigenvalue weighted by Gasteiger charge is 2.27. The first-order chi connectivity index (χ1) is 13.1. The predicted molar refractivity (Wildman–Crippen MR) is 100 cm³/mol. The number of primary amides is 1. The molecular weight excluding hydrogens is 409 g/mol. The number of halogens is 1. The van der Waals surface area contributed by atoms with Gasteiger partial charge in [0.1, 0.15) is 5.82 Å². The van der Waals surface area contributed by atoms with E-state index in [1.165, 1.54) is 28.6 Å². The maximum absolute atomic E-state index is 13.5. The van der Waals surface area contributed by atoms with Crippen molar-refractivity contribution in [2.75, 3.05) is 17.8 Å². The maximum atomic E-state index is 13.5. The summed E-state index contributed by atoms with van der Waals surface area (Å²) in [5.41, 5.74) is 4.55. The summed E-state index contributed by atoms with van der Waals surface area (Å²) >= 11 is 0. The Hall–Kier alpha value is -2.50. The SMILES string of the molecule is NC(=O)c1cc(NS(=O)(=O)c2ccc(S(=O)(=O)N3CCCC3)cc2)ccc1F. The molecule has 0 unspecified atom stereocenters. The van der Waals surface area contributed by atoms with Crippen molar-refractivity contribution in [1.82, 2.24) is 4.31 Å². The number of nitrogens with two attached hydrogens (primary N) is 1. The summed E-state index contributed by atoms with van der Waals surface area (Å²) in [5, 5.41) is 0. The molecule has 0 atom stereocenters. The first-order valence-electron chi connectivity index (χ1n) is 8.34. The molecule has 2 aromatic rings. The molecule has 0 spiro atoms. The van der Waals surface area contributed by atoms with Crippen LogP contribution in [0.15, 0.2) is 52.3 Å². The molecule has 2 aromatic carbocycles. The minimum atomic E-state index is -4.08. The molecule has 8 nitrogen and oxygen atoms in total. The molecule has 150 valence electrons. The number of nitrogens with zero attached hydrogens (tertiary/aromatic N) is 1. The van der Waals surface area contributed by atoms with Crippen LogP contribution < -0.4 is 10.5 Å². The standard InChI is InChI=1S/C17H18FN3O5S2/c18-16-8-3-12(11-15(16)17(19)22)20-27(23,24)13-4-6-14(7-5-13)28(25,26)21-9-1-2-10-21/h3-8,11,20H,1-2,9-10H2,(H2,19,22). The van der Waals surface area contributed by atoms with E-state index in [0.29, 0.717) is 13.1 Å². The number of nitrogens with one attached hydrogen (secondary N) is 1. The predicted octanol–water partition coefficient (Wildman–Crippen LogP) is 1.51. The molecule has 0 aliphatic carbocycles. The normalized spacial score (nSPS) is 15.5. The quantitative estimate of drug-likeness (QED) is 0.723. The zero-order valence-corrected chi connectivity index (χ0v) is 16.3. The highest BCUT2D eigenvalue weighted by atomic mass is 32.2. The number of hydrogen-bond acceptors (Lipinski definition) is 5. The maximum Gasteiger partial charge on any atom is 0.261 e. The summed E-state index contributed by atoms with van der Waals surface area (Å²) in [6.45, 7) is 0.882. The Kier molecular flexibility index (Phi) is 5.41. The summed E-state index contributed by atoms with van der Waals surface area (Å²) in [5.74, 6) is -1.90. The molecule has 1 saturated heterocycles. The monoisotopic (exact) mass is 427 g/mol. The third-order valence-corrected chi connectivity index (χ3v) is 7.63. The van der Waals surface area contributed by atoms with Gasteiger partial charge in [0.15, 0.2) is 0 Å². The number of sulfonamides is 2. The Balaban J connectivity index is 1.85. The molecule has 3 rings (SSSR count). The van der Waals surface area contributed by atoms with Crippen molar-refractivity contribution in [2.24, 2.45) is 5.73 Å². The number of hydrogen-bond donors (Lipinski definition) is 2. The Labute approximate surface area is 162 Å². The molecule has 11 heteroatoms. The van der Waals surface area contributed by atoms with Crippen LogP contribution >= 0.6 is 0 Å².